The number of carbonyl (C=O) groups is 2. The second kappa shape index (κ2) is 8.56. The second-order valence-corrected chi connectivity index (χ2v) is 3.44. The molecule has 0 aliphatic rings. The Labute approximate surface area is 102 Å². The summed E-state index contributed by atoms with van der Waals surface area (Å²) < 4.78 is 9.69. The van der Waals surface area contributed by atoms with Crippen LogP contribution in [0.15, 0.2) is 24.3 Å². The van der Waals surface area contributed by atoms with Crippen LogP contribution in [0.25, 0.3) is 0 Å². The maximum atomic E-state index is 11.6. The third kappa shape index (κ3) is 5.90. The van der Waals surface area contributed by atoms with Gasteiger partial charge < -0.3 is 9.47 Å². The molecule has 0 heterocycles. The molecule has 0 amide bonds. The second-order valence-electron chi connectivity index (χ2n) is 3.44. The topological polar surface area (TPSA) is 52.6 Å². The third-order valence-corrected chi connectivity index (χ3v) is 2.14. The van der Waals surface area contributed by atoms with Crippen LogP contribution in [-0.2, 0) is 19.1 Å². The Morgan fingerprint density at radius 1 is 1.18 bits per heavy atom. The minimum Gasteiger partial charge on any atom is -0.465 e. The smallest absolute Gasteiger partial charge is 0.320 e. The predicted molar refractivity (Wildman–Crippen MR) is 65.3 cm³/mol. The van der Waals surface area contributed by atoms with Crippen LogP contribution in [0.5, 0.6) is 0 Å². The molecule has 0 saturated carbocycles. The summed E-state index contributed by atoms with van der Waals surface area (Å²) in [6.45, 7) is 9.34. The molecule has 0 aromatic carbocycles. The monoisotopic (exact) mass is 240 g/mol. The molecule has 0 aromatic rings. The van der Waals surface area contributed by atoms with Crippen molar-refractivity contribution in [3.63, 3.8) is 0 Å². The molecule has 0 N–H and O–H groups in total. The normalized spacial score (nSPS) is 11.2. The van der Waals surface area contributed by atoms with Crippen molar-refractivity contribution in [2.45, 2.75) is 27.2 Å². The van der Waals surface area contributed by atoms with E-state index in [0.717, 1.165) is 5.57 Å². The molecule has 0 fully saturated rings. The first-order valence-corrected chi connectivity index (χ1v) is 5.69. The molecular weight excluding hydrogens is 220 g/mol. The minimum absolute atomic E-state index is 0.249. The Bertz CT molecular complexity index is 287. The van der Waals surface area contributed by atoms with Crippen LogP contribution in [0, 0.1) is 5.92 Å². The molecule has 0 spiro atoms. The van der Waals surface area contributed by atoms with Crippen molar-refractivity contribution in [3.05, 3.63) is 24.3 Å². The molecule has 0 unspecified atom stereocenters. The molecule has 0 aromatic heterocycles. The van der Waals surface area contributed by atoms with E-state index in [0.29, 0.717) is 0 Å². The van der Waals surface area contributed by atoms with Gasteiger partial charge in [-0.15, -0.1) is 0 Å². The highest BCUT2D eigenvalue weighted by Gasteiger charge is 2.28. The number of hydrogen-bond acceptors (Lipinski definition) is 4. The van der Waals surface area contributed by atoms with E-state index in [1.165, 1.54) is 0 Å². The number of rotatable bonds is 7. The van der Waals surface area contributed by atoms with Gasteiger partial charge in [-0.25, -0.2) is 0 Å². The molecule has 96 valence electrons. The van der Waals surface area contributed by atoms with Crippen molar-refractivity contribution >= 4 is 11.9 Å². The van der Waals surface area contributed by atoms with E-state index in [2.05, 4.69) is 6.58 Å². The Hall–Kier alpha value is -1.58. The quantitative estimate of drug-likeness (QED) is 0.389. The van der Waals surface area contributed by atoms with Gasteiger partial charge in [0.05, 0.1) is 13.2 Å². The Kier molecular flexibility index (Phi) is 7.76. The zero-order chi connectivity index (χ0) is 13.3. The van der Waals surface area contributed by atoms with E-state index >= 15 is 0 Å². The number of hydrogen-bond donors (Lipinski definition) is 0. The maximum Gasteiger partial charge on any atom is 0.320 e. The van der Waals surface area contributed by atoms with Crippen LogP contribution in [0.2, 0.25) is 0 Å². The van der Waals surface area contributed by atoms with Crippen LogP contribution >= 0.6 is 0 Å². The third-order valence-electron chi connectivity index (χ3n) is 2.14. The lowest BCUT2D eigenvalue weighted by Crippen LogP contribution is -2.27. The molecule has 0 atom stereocenters. The van der Waals surface area contributed by atoms with E-state index < -0.39 is 17.9 Å². The Balaban J connectivity index is 4.66. The van der Waals surface area contributed by atoms with Gasteiger partial charge in [-0.3, -0.25) is 9.59 Å². The van der Waals surface area contributed by atoms with Crippen LogP contribution in [0.1, 0.15) is 27.2 Å². The summed E-state index contributed by atoms with van der Waals surface area (Å²) >= 11 is 0. The molecule has 0 rings (SSSR count). The van der Waals surface area contributed by atoms with Gasteiger partial charge in [-0.2, -0.15) is 0 Å². The largest absolute Gasteiger partial charge is 0.465 e. The zero-order valence-electron chi connectivity index (χ0n) is 10.7. The Morgan fingerprint density at radius 3 is 2.00 bits per heavy atom. The fourth-order valence-corrected chi connectivity index (χ4v) is 1.16. The van der Waals surface area contributed by atoms with E-state index in [-0.39, 0.29) is 19.6 Å². The number of allylic oxidation sites excluding steroid dienone is 3. The summed E-state index contributed by atoms with van der Waals surface area (Å²) in [4.78, 5) is 23.2. The standard InChI is InChI=1S/C13H20O4/c1-5-10(4)8-9-11(12(14)16-6-2)13(15)17-7-3/h5,8,11H,1,6-7,9H2,2-4H3/b10-8+. The van der Waals surface area contributed by atoms with Gasteiger partial charge in [0.2, 0.25) is 0 Å². The summed E-state index contributed by atoms with van der Waals surface area (Å²) in [7, 11) is 0. The van der Waals surface area contributed by atoms with Gasteiger partial charge in [0.1, 0.15) is 0 Å². The first-order valence-electron chi connectivity index (χ1n) is 5.69. The van der Waals surface area contributed by atoms with Gasteiger partial charge in [-0.05, 0) is 27.2 Å². The molecule has 17 heavy (non-hydrogen) atoms. The highest BCUT2D eigenvalue weighted by Crippen LogP contribution is 2.12. The van der Waals surface area contributed by atoms with E-state index in [9.17, 15) is 9.59 Å². The predicted octanol–water partition coefficient (Wildman–Crippen LogP) is 2.25. The van der Waals surface area contributed by atoms with E-state index in [1.54, 1.807) is 26.0 Å². The van der Waals surface area contributed by atoms with Crippen LogP contribution < -0.4 is 0 Å². The molecule has 4 heteroatoms. The van der Waals surface area contributed by atoms with Gasteiger partial charge in [0, 0.05) is 0 Å². The van der Waals surface area contributed by atoms with Gasteiger partial charge in [0.25, 0.3) is 0 Å². The van der Waals surface area contributed by atoms with Crippen LogP contribution in [-0.4, -0.2) is 25.2 Å². The molecule has 0 saturated heterocycles. The van der Waals surface area contributed by atoms with Crippen LogP contribution in [0.4, 0.5) is 0 Å². The lowest BCUT2D eigenvalue weighted by molar-refractivity contribution is -0.161. The van der Waals surface area contributed by atoms with Gasteiger partial charge >= 0.3 is 11.9 Å². The molecular formula is C13H20O4. The number of carbonyl (C=O) groups excluding carboxylic acids is 2. The number of esters is 2. The van der Waals surface area contributed by atoms with Gasteiger partial charge in [-0.1, -0.05) is 24.3 Å². The minimum atomic E-state index is -0.884. The molecule has 4 nitrogen and oxygen atoms in total. The first-order chi connectivity index (χ1) is 8.06. The SMILES string of the molecule is C=C/C(C)=C/CC(C(=O)OCC)C(=O)OCC. The molecule has 0 aliphatic carbocycles. The molecule has 0 aliphatic heterocycles. The average molecular weight is 240 g/mol. The van der Waals surface area contributed by atoms with Crippen molar-refractivity contribution < 1.29 is 19.1 Å². The molecule has 0 bridgehead atoms. The van der Waals surface area contributed by atoms with Crippen molar-refractivity contribution in [1.82, 2.24) is 0 Å². The molecule has 0 radical (unpaired) electrons. The highest BCUT2D eigenvalue weighted by atomic mass is 16.6. The van der Waals surface area contributed by atoms with Gasteiger partial charge in [0.15, 0.2) is 5.92 Å². The van der Waals surface area contributed by atoms with Crippen molar-refractivity contribution in [3.8, 4) is 0 Å². The lowest BCUT2D eigenvalue weighted by Gasteiger charge is -2.12. The van der Waals surface area contributed by atoms with E-state index in [1.807, 2.05) is 6.92 Å². The summed E-state index contributed by atoms with van der Waals surface area (Å²) in [5, 5.41) is 0. The maximum absolute atomic E-state index is 11.6. The average Bonchev–Trinajstić information content (AvgIpc) is 2.29. The van der Waals surface area contributed by atoms with E-state index in [4.69, 9.17) is 9.47 Å². The van der Waals surface area contributed by atoms with Crippen molar-refractivity contribution in [1.29, 1.82) is 0 Å². The van der Waals surface area contributed by atoms with Crippen LogP contribution in [0.3, 0.4) is 0 Å². The summed E-state index contributed by atoms with van der Waals surface area (Å²) in [5.74, 6) is -1.97. The van der Waals surface area contributed by atoms with Crippen molar-refractivity contribution in [2.24, 2.45) is 5.92 Å². The number of ether oxygens (including phenoxy) is 2. The highest BCUT2D eigenvalue weighted by molar-refractivity contribution is 5.95. The fourth-order valence-electron chi connectivity index (χ4n) is 1.16. The first kappa shape index (κ1) is 15.4. The summed E-state index contributed by atoms with van der Waals surface area (Å²) in [5.41, 5.74) is 0.906. The van der Waals surface area contributed by atoms with Crippen molar-refractivity contribution in [2.75, 3.05) is 13.2 Å². The summed E-state index contributed by atoms with van der Waals surface area (Å²) in [6, 6.07) is 0. The zero-order valence-corrected chi connectivity index (χ0v) is 10.7. The Morgan fingerprint density at radius 2 is 1.65 bits per heavy atom. The fraction of sp³-hybridized carbons (Fsp3) is 0.538. The lowest BCUT2D eigenvalue weighted by atomic mass is 10.0. The summed E-state index contributed by atoms with van der Waals surface area (Å²) in [6.07, 6.45) is 3.70.